The van der Waals surface area contributed by atoms with E-state index in [0.717, 1.165) is 34.6 Å². The number of amides is 1. The number of allylic oxidation sites excluding steroid dienone is 1. The molecule has 3 nitrogen and oxygen atoms in total. The molecular weight excluding hydrogens is 260 g/mol. The van der Waals surface area contributed by atoms with Gasteiger partial charge in [0.25, 0.3) is 0 Å². The van der Waals surface area contributed by atoms with Crippen LogP contribution in [0.1, 0.15) is 12.5 Å². The molecule has 0 aliphatic heterocycles. The normalized spacial score (nSPS) is 10.0. The number of rotatable bonds is 5. The zero-order valence-electron chi connectivity index (χ0n) is 12.7. The molecule has 2 aromatic carbocycles. The second kappa shape index (κ2) is 6.27. The van der Waals surface area contributed by atoms with E-state index in [1.165, 1.54) is 0 Å². The van der Waals surface area contributed by atoms with E-state index in [9.17, 15) is 4.79 Å². The summed E-state index contributed by atoms with van der Waals surface area (Å²) in [6.07, 6.45) is 0.847. The highest BCUT2D eigenvalue weighted by molar-refractivity contribution is 5.92. The van der Waals surface area contributed by atoms with Crippen LogP contribution in [0.25, 0.3) is 5.57 Å². The fourth-order valence-electron chi connectivity index (χ4n) is 2.22. The quantitative estimate of drug-likeness (QED) is 0.770. The summed E-state index contributed by atoms with van der Waals surface area (Å²) in [6, 6.07) is 15.7. The highest BCUT2D eigenvalue weighted by Gasteiger charge is 2.14. The molecular formula is C18H20N2O. The van der Waals surface area contributed by atoms with Crippen molar-refractivity contribution in [2.24, 2.45) is 0 Å². The van der Waals surface area contributed by atoms with Gasteiger partial charge in [-0.05, 0) is 36.8 Å². The van der Waals surface area contributed by atoms with Crippen molar-refractivity contribution < 1.29 is 4.79 Å². The summed E-state index contributed by atoms with van der Waals surface area (Å²) >= 11 is 0. The molecule has 0 aliphatic rings. The van der Waals surface area contributed by atoms with Gasteiger partial charge in [-0.25, -0.2) is 0 Å². The molecule has 0 fully saturated rings. The number of anilines is 3. The Labute approximate surface area is 126 Å². The monoisotopic (exact) mass is 280 g/mol. The number of hydrogen-bond acceptors (Lipinski definition) is 2. The molecule has 108 valence electrons. The van der Waals surface area contributed by atoms with Gasteiger partial charge in [0, 0.05) is 19.8 Å². The fraction of sp³-hybridized carbons (Fsp3) is 0.167. The molecule has 0 spiro atoms. The van der Waals surface area contributed by atoms with Crippen LogP contribution in [-0.4, -0.2) is 20.5 Å². The van der Waals surface area contributed by atoms with Crippen LogP contribution in [0.2, 0.25) is 0 Å². The fourth-order valence-corrected chi connectivity index (χ4v) is 2.22. The van der Waals surface area contributed by atoms with Crippen LogP contribution in [0.3, 0.4) is 0 Å². The van der Waals surface area contributed by atoms with E-state index in [0.29, 0.717) is 0 Å². The van der Waals surface area contributed by atoms with Crippen molar-refractivity contribution in [3.8, 4) is 0 Å². The molecule has 2 aromatic rings. The van der Waals surface area contributed by atoms with Crippen LogP contribution in [0.4, 0.5) is 17.1 Å². The molecule has 0 heterocycles. The highest BCUT2D eigenvalue weighted by Crippen LogP contribution is 2.33. The largest absolute Gasteiger partial charge is 0.376 e. The van der Waals surface area contributed by atoms with E-state index in [-0.39, 0.29) is 0 Å². The van der Waals surface area contributed by atoms with Gasteiger partial charge in [0.15, 0.2) is 0 Å². The number of para-hydroxylation sites is 2. The summed E-state index contributed by atoms with van der Waals surface area (Å²) in [5, 5.41) is 0. The Morgan fingerprint density at radius 3 is 2.29 bits per heavy atom. The van der Waals surface area contributed by atoms with Crippen molar-refractivity contribution in [1.29, 1.82) is 0 Å². The zero-order valence-corrected chi connectivity index (χ0v) is 12.7. The molecule has 1 amide bonds. The number of carbonyl (C=O) groups excluding carboxylic acids is 1. The summed E-state index contributed by atoms with van der Waals surface area (Å²) in [7, 11) is 3.93. The lowest BCUT2D eigenvalue weighted by molar-refractivity contribution is -0.106. The van der Waals surface area contributed by atoms with Gasteiger partial charge in [-0.2, -0.15) is 0 Å². The Bertz CT molecular complexity index is 662. The molecule has 2 rings (SSSR count). The first-order valence-corrected chi connectivity index (χ1v) is 6.81. The zero-order chi connectivity index (χ0) is 15.4. The Kier molecular flexibility index (Phi) is 4.43. The van der Waals surface area contributed by atoms with Gasteiger partial charge < -0.3 is 4.90 Å². The highest BCUT2D eigenvalue weighted by atomic mass is 16.1. The standard InChI is InChI=1S/C18H20N2O/c1-14(2)15-8-7-9-16(12-15)20(13-21)18-11-6-5-10-17(18)19(3)4/h5-13H,1H2,2-4H3. The van der Waals surface area contributed by atoms with Crippen LogP contribution < -0.4 is 9.80 Å². The second-order valence-corrected chi connectivity index (χ2v) is 5.19. The van der Waals surface area contributed by atoms with Crippen LogP contribution in [0, 0.1) is 0 Å². The molecule has 0 radical (unpaired) electrons. The molecule has 3 heteroatoms. The first kappa shape index (κ1) is 14.9. The first-order valence-electron chi connectivity index (χ1n) is 6.81. The maximum absolute atomic E-state index is 11.6. The predicted octanol–water partition coefficient (Wildman–Crippen LogP) is 4.08. The van der Waals surface area contributed by atoms with Crippen molar-refractivity contribution in [1.82, 2.24) is 0 Å². The first-order chi connectivity index (χ1) is 10.0. The van der Waals surface area contributed by atoms with Gasteiger partial charge in [0.05, 0.1) is 11.4 Å². The third-order valence-corrected chi connectivity index (χ3v) is 3.35. The minimum Gasteiger partial charge on any atom is -0.376 e. The maximum atomic E-state index is 11.6. The molecule has 21 heavy (non-hydrogen) atoms. The van der Waals surface area contributed by atoms with Gasteiger partial charge in [-0.1, -0.05) is 36.4 Å². The smallest absolute Gasteiger partial charge is 0.218 e. The molecule has 0 N–H and O–H groups in total. The third kappa shape index (κ3) is 3.14. The molecule has 0 saturated carbocycles. The van der Waals surface area contributed by atoms with Gasteiger partial charge in [0.2, 0.25) is 6.41 Å². The number of carbonyl (C=O) groups is 1. The molecule has 0 aliphatic carbocycles. The third-order valence-electron chi connectivity index (χ3n) is 3.35. The Hall–Kier alpha value is -2.55. The minimum absolute atomic E-state index is 0.833. The summed E-state index contributed by atoms with van der Waals surface area (Å²) in [5.74, 6) is 0. The number of benzene rings is 2. The van der Waals surface area contributed by atoms with E-state index in [1.54, 1.807) is 4.90 Å². The van der Waals surface area contributed by atoms with Crippen molar-refractivity contribution in [2.75, 3.05) is 23.9 Å². The molecule has 0 saturated heterocycles. The van der Waals surface area contributed by atoms with Crippen molar-refractivity contribution in [3.05, 3.63) is 60.7 Å². The van der Waals surface area contributed by atoms with Gasteiger partial charge >= 0.3 is 0 Å². The second-order valence-electron chi connectivity index (χ2n) is 5.19. The lowest BCUT2D eigenvalue weighted by Crippen LogP contribution is -2.19. The molecule has 0 bridgehead atoms. The minimum atomic E-state index is 0.833. The molecule has 0 aromatic heterocycles. The Balaban J connectivity index is 2.52. The number of nitrogens with zero attached hydrogens (tertiary/aromatic N) is 2. The average molecular weight is 280 g/mol. The maximum Gasteiger partial charge on any atom is 0.218 e. The van der Waals surface area contributed by atoms with E-state index < -0.39 is 0 Å². The summed E-state index contributed by atoms with van der Waals surface area (Å²) in [5.41, 5.74) is 4.69. The summed E-state index contributed by atoms with van der Waals surface area (Å²) in [6.45, 7) is 5.91. The van der Waals surface area contributed by atoms with E-state index in [4.69, 9.17) is 0 Å². The van der Waals surface area contributed by atoms with Crippen LogP contribution in [0.5, 0.6) is 0 Å². The summed E-state index contributed by atoms with van der Waals surface area (Å²) in [4.78, 5) is 15.3. The van der Waals surface area contributed by atoms with E-state index >= 15 is 0 Å². The number of hydrogen-bond donors (Lipinski definition) is 0. The van der Waals surface area contributed by atoms with Crippen molar-refractivity contribution >= 4 is 29.0 Å². The lowest BCUT2D eigenvalue weighted by atomic mass is 10.1. The van der Waals surface area contributed by atoms with Crippen LogP contribution in [-0.2, 0) is 4.79 Å². The van der Waals surface area contributed by atoms with Crippen LogP contribution >= 0.6 is 0 Å². The SMILES string of the molecule is C=C(C)c1cccc(N(C=O)c2ccccc2N(C)C)c1. The molecule has 0 unspecified atom stereocenters. The van der Waals surface area contributed by atoms with E-state index in [1.807, 2.05) is 74.4 Å². The molecule has 0 atom stereocenters. The topological polar surface area (TPSA) is 23.6 Å². The average Bonchev–Trinajstić information content (AvgIpc) is 2.48. The van der Waals surface area contributed by atoms with Gasteiger partial charge in [0.1, 0.15) is 0 Å². The predicted molar refractivity (Wildman–Crippen MR) is 90.1 cm³/mol. The lowest BCUT2D eigenvalue weighted by Gasteiger charge is -2.24. The van der Waals surface area contributed by atoms with Crippen molar-refractivity contribution in [2.45, 2.75) is 6.92 Å². The Morgan fingerprint density at radius 1 is 1.05 bits per heavy atom. The van der Waals surface area contributed by atoms with Gasteiger partial charge in [-0.3, -0.25) is 9.69 Å². The Morgan fingerprint density at radius 2 is 1.71 bits per heavy atom. The van der Waals surface area contributed by atoms with Crippen molar-refractivity contribution in [3.63, 3.8) is 0 Å². The van der Waals surface area contributed by atoms with E-state index in [2.05, 4.69) is 6.58 Å². The van der Waals surface area contributed by atoms with Gasteiger partial charge in [-0.15, -0.1) is 0 Å². The summed E-state index contributed by atoms with van der Waals surface area (Å²) < 4.78 is 0. The van der Waals surface area contributed by atoms with Crippen LogP contribution in [0.15, 0.2) is 55.1 Å².